The summed E-state index contributed by atoms with van der Waals surface area (Å²) in [6.07, 6.45) is 1.52. The van der Waals surface area contributed by atoms with Crippen molar-refractivity contribution < 1.29 is 14.3 Å². The molecule has 0 saturated carbocycles. The lowest BCUT2D eigenvalue weighted by Gasteiger charge is -2.35. The van der Waals surface area contributed by atoms with E-state index in [0.29, 0.717) is 32.8 Å². The van der Waals surface area contributed by atoms with Crippen LogP contribution in [0.25, 0.3) is 0 Å². The Bertz CT molecular complexity index is 372. The Labute approximate surface area is 119 Å². The number of nitriles is 1. The van der Waals surface area contributed by atoms with Crippen molar-refractivity contribution in [2.75, 3.05) is 32.8 Å². The predicted octanol–water partition coefficient (Wildman–Crippen LogP) is 0.308. The highest BCUT2D eigenvalue weighted by molar-refractivity contribution is 5.82. The van der Waals surface area contributed by atoms with Gasteiger partial charge in [0.05, 0.1) is 25.1 Å². The lowest BCUT2D eigenvalue weighted by molar-refractivity contribution is -0.134. The van der Waals surface area contributed by atoms with Gasteiger partial charge in [0.25, 0.3) is 0 Å². The standard InChI is InChI=1S/C13H22N4O3/c1-2-3-10-20-13(19)17-8-6-16(7-9-17)12(18)11(15)4-5-14/h11H,2-4,6-10,15H2,1H3. The van der Waals surface area contributed by atoms with Crippen LogP contribution in [-0.4, -0.2) is 60.6 Å². The summed E-state index contributed by atoms with van der Waals surface area (Å²) in [6.45, 7) is 4.21. The highest BCUT2D eigenvalue weighted by atomic mass is 16.6. The third-order valence-corrected chi connectivity index (χ3v) is 3.20. The Hall–Kier alpha value is -1.81. The summed E-state index contributed by atoms with van der Waals surface area (Å²) < 4.78 is 5.12. The molecule has 0 radical (unpaired) electrons. The van der Waals surface area contributed by atoms with Crippen LogP contribution in [0.5, 0.6) is 0 Å². The van der Waals surface area contributed by atoms with Crippen LogP contribution in [0.4, 0.5) is 4.79 Å². The van der Waals surface area contributed by atoms with Gasteiger partial charge in [0, 0.05) is 26.2 Å². The van der Waals surface area contributed by atoms with Gasteiger partial charge in [-0.2, -0.15) is 5.26 Å². The van der Waals surface area contributed by atoms with Gasteiger partial charge in [-0.25, -0.2) is 4.79 Å². The van der Waals surface area contributed by atoms with E-state index in [1.165, 1.54) is 0 Å². The van der Waals surface area contributed by atoms with Crippen LogP contribution in [-0.2, 0) is 9.53 Å². The van der Waals surface area contributed by atoms with E-state index in [1.54, 1.807) is 9.80 Å². The molecule has 2 N–H and O–H groups in total. The number of piperazine rings is 1. The summed E-state index contributed by atoms with van der Waals surface area (Å²) in [5.41, 5.74) is 5.62. The average molecular weight is 282 g/mol. The Morgan fingerprint density at radius 2 is 1.90 bits per heavy atom. The molecule has 1 unspecified atom stereocenters. The second-order valence-corrected chi connectivity index (χ2v) is 4.75. The number of ether oxygens (including phenoxy) is 1. The molecule has 0 spiro atoms. The van der Waals surface area contributed by atoms with Crippen molar-refractivity contribution in [1.29, 1.82) is 5.26 Å². The van der Waals surface area contributed by atoms with Crippen molar-refractivity contribution >= 4 is 12.0 Å². The van der Waals surface area contributed by atoms with Crippen LogP contribution in [0.3, 0.4) is 0 Å². The molecule has 1 rings (SSSR count). The van der Waals surface area contributed by atoms with E-state index in [1.807, 2.05) is 13.0 Å². The lowest BCUT2D eigenvalue weighted by atomic mass is 10.2. The van der Waals surface area contributed by atoms with Gasteiger partial charge in [-0.1, -0.05) is 13.3 Å². The molecule has 0 bridgehead atoms. The van der Waals surface area contributed by atoms with Crippen LogP contribution in [0.2, 0.25) is 0 Å². The van der Waals surface area contributed by atoms with Crippen molar-refractivity contribution in [2.45, 2.75) is 32.2 Å². The molecule has 1 aliphatic rings. The maximum atomic E-state index is 11.9. The number of nitrogens with zero attached hydrogens (tertiary/aromatic N) is 3. The highest BCUT2D eigenvalue weighted by Crippen LogP contribution is 2.06. The van der Waals surface area contributed by atoms with Crippen LogP contribution in [0.1, 0.15) is 26.2 Å². The fourth-order valence-electron chi connectivity index (χ4n) is 1.92. The lowest BCUT2D eigenvalue weighted by Crippen LogP contribution is -2.54. The zero-order valence-electron chi connectivity index (χ0n) is 11.9. The van der Waals surface area contributed by atoms with E-state index in [2.05, 4.69) is 0 Å². The minimum Gasteiger partial charge on any atom is -0.449 e. The third kappa shape index (κ3) is 4.70. The molecule has 20 heavy (non-hydrogen) atoms. The van der Waals surface area contributed by atoms with Crippen LogP contribution < -0.4 is 5.73 Å². The molecule has 1 fully saturated rings. The van der Waals surface area contributed by atoms with E-state index < -0.39 is 6.04 Å². The number of hydrogen-bond donors (Lipinski definition) is 1. The van der Waals surface area contributed by atoms with E-state index in [9.17, 15) is 9.59 Å². The SMILES string of the molecule is CCCCOC(=O)N1CCN(C(=O)C(N)CC#N)CC1. The molecule has 0 aromatic heterocycles. The molecule has 7 heteroatoms. The number of hydrogen-bond acceptors (Lipinski definition) is 5. The number of carbonyl (C=O) groups is 2. The summed E-state index contributed by atoms with van der Waals surface area (Å²) in [5, 5.41) is 8.53. The zero-order valence-corrected chi connectivity index (χ0v) is 11.9. The quantitative estimate of drug-likeness (QED) is 0.731. The van der Waals surface area contributed by atoms with Crippen molar-refractivity contribution in [3.05, 3.63) is 0 Å². The van der Waals surface area contributed by atoms with Gasteiger partial charge < -0.3 is 20.3 Å². The normalized spacial score (nSPS) is 16.4. The topological polar surface area (TPSA) is 99.7 Å². The van der Waals surface area contributed by atoms with Gasteiger partial charge in [-0.3, -0.25) is 4.79 Å². The molecular weight excluding hydrogens is 260 g/mol. The summed E-state index contributed by atoms with van der Waals surface area (Å²) in [5.74, 6) is -0.231. The Kier molecular flexibility index (Phi) is 6.81. The highest BCUT2D eigenvalue weighted by Gasteiger charge is 2.27. The van der Waals surface area contributed by atoms with E-state index in [0.717, 1.165) is 12.8 Å². The summed E-state index contributed by atoms with van der Waals surface area (Å²) in [6, 6.07) is 1.11. The second kappa shape index (κ2) is 8.38. The molecule has 1 atom stereocenters. The van der Waals surface area contributed by atoms with Crippen molar-refractivity contribution in [3.8, 4) is 6.07 Å². The van der Waals surface area contributed by atoms with E-state index >= 15 is 0 Å². The van der Waals surface area contributed by atoms with E-state index in [4.69, 9.17) is 15.7 Å². The van der Waals surface area contributed by atoms with Crippen LogP contribution in [0.15, 0.2) is 0 Å². The van der Waals surface area contributed by atoms with Gasteiger partial charge in [0.2, 0.25) is 5.91 Å². The minimum absolute atomic E-state index is 0.0120. The van der Waals surface area contributed by atoms with Gasteiger partial charge in [-0.15, -0.1) is 0 Å². The first-order valence-electron chi connectivity index (χ1n) is 6.93. The van der Waals surface area contributed by atoms with Crippen molar-refractivity contribution in [1.82, 2.24) is 9.80 Å². The fourth-order valence-corrected chi connectivity index (χ4v) is 1.92. The zero-order chi connectivity index (χ0) is 15.0. The summed E-state index contributed by atoms with van der Waals surface area (Å²) >= 11 is 0. The second-order valence-electron chi connectivity index (χ2n) is 4.75. The molecule has 1 saturated heterocycles. The molecule has 7 nitrogen and oxygen atoms in total. The van der Waals surface area contributed by atoms with Gasteiger partial charge in [-0.05, 0) is 6.42 Å². The van der Waals surface area contributed by atoms with Crippen molar-refractivity contribution in [3.63, 3.8) is 0 Å². The first-order valence-corrected chi connectivity index (χ1v) is 6.93. The van der Waals surface area contributed by atoms with E-state index in [-0.39, 0.29) is 18.4 Å². The first-order chi connectivity index (χ1) is 9.60. The molecule has 0 aromatic carbocycles. The molecule has 112 valence electrons. The Morgan fingerprint density at radius 3 is 2.45 bits per heavy atom. The number of nitrogens with two attached hydrogens (primary N) is 1. The fraction of sp³-hybridized carbons (Fsp3) is 0.769. The van der Waals surface area contributed by atoms with Crippen molar-refractivity contribution in [2.24, 2.45) is 5.73 Å². The molecular formula is C13H22N4O3. The Morgan fingerprint density at radius 1 is 1.30 bits per heavy atom. The first kappa shape index (κ1) is 16.2. The number of carbonyl (C=O) groups excluding carboxylic acids is 2. The largest absolute Gasteiger partial charge is 0.449 e. The molecule has 1 aliphatic heterocycles. The van der Waals surface area contributed by atoms with Crippen LogP contribution in [0, 0.1) is 11.3 Å². The summed E-state index contributed by atoms with van der Waals surface area (Å²) in [7, 11) is 0. The van der Waals surface area contributed by atoms with Crippen LogP contribution >= 0.6 is 0 Å². The van der Waals surface area contributed by atoms with Gasteiger partial charge in [0.1, 0.15) is 0 Å². The number of rotatable bonds is 5. The molecule has 0 aliphatic carbocycles. The Balaban J connectivity index is 2.34. The van der Waals surface area contributed by atoms with Gasteiger partial charge >= 0.3 is 6.09 Å². The number of amides is 2. The predicted molar refractivity (Wildman–Crippen MR) is 72.6 cm³/mol. The monoisotopic (exact) mass is 282 g/mol. The minimum atomic E-state index is -0.775. The maximum Gasteiger partial charge on any atom is 0.409 e. The molecule has 0 aromatic rings. The molecule has 1 heterocycles. The third-order valence-electron chi connectivity index (χ3n) is 3.20. The maximum absolute atomic E-state index is 11.9. The average Bonchev–Trinajstić information content (AvgIpc) is 2.47. The number of unbranched alkanes of at least 4 members (excludes halogenated alkanes) is 1. The molecule has 2 amide bonds. The summed E-state index contributed by atoms with van der Waals surface area (Å²) in [4.78, 5) is 26.8. The smallest absolute Gasteiger partial charge is 0.409 e. The van der Waals surface area contributed by atoms with Gasteiger partial charge in [0.15, 0.2) is 0 Å².